The van der Waals surface area contributed by atoms with Crippen molar-refractivity contribution in [2.75, 3.05) is 40.4 Å². The van der Waals surface area contributed by atoms with Crippen LogP contribution in [0.4, 0.5) is 17.1 Å². The maximum Gasteiger partial charge on any atom is 0.227 e. The molecule has 39 heavy (non-hydrogen) atoms. The number of nitrogen functional groups attached to an aromatic ring is 1. The number of thiophene rings is 1. The van der Waals surface area contributed by atoms with E-state index in [0.29, 0.717) is 16.9 Å². The topological polar surface area (TPSA) is 66.6 Å². The highest BCUT2D eigenvalue weighted by Gasteiger charge is 2.36. The average molecular weight is 587 g/mol. The van der Waals surface area contributed by atoms with Crippen molar-refractivity contribution >= 4 is 84.3 Å². The summed E-state index contributed by atoms with van der Waals surface area (Å²) in [7, 11) is 0. The van der Waals surface area contributed by atoms with E-state index in [-0.39, 0.29) is 36.5 Å². The number of halogens is 2. The number of carbonyl (C=O) groups is 2. The third kappa shape index (κ3) is 4.28. The summed E-state index contributed by atoms with van der Waals surface area (Å²) >= 11 is 14.2. The van der Waals surface area contributed by atoms with Gasteiger partial charge in [0.05, 0.1) is 0 Å². The van der Waals surface area contributed by atoms with Crippen LogP contribution in [-0.4, -0.2) is 36.7 Å². The van der Waals surface area contributed by atoms with Crippen LogP contribution in [0.1, 0.15) is 61.4 Å². The summed E-state index contributed by atoms with van der Waals surface area (Å²) in [5.74, 6) is -3.08. The molecule has 6 rings (SSSR count). The molecule has 3 heterocycles. The summed E-state index contributed by atoms with van der Waals surface area (Å²) in [6.07, 6.45) is -10.5. The van der Waals surface area contributed by atoms with Crippen LogP contribution in [0, 0.1) is 13.8 Å². The van der Waals surface area contributed by atoms with Crippen molar-refractivity contribution in [3.8, 4) is 0 Å². The number of nitrogens with two attached hydrogens (primary N) is 1. The minimum absolute atomic E-state index is 0.00129. The molecule has 1 aromatic heterocycles. The molecule has 0 unspecified atom stereocenters. The number of rotatable bonds is 6. The van der Waals surface area contributed by atoms with Gasteiger partial charge in [0.15, 0.2) is 0 Å². The Morgan fingerprint density at radius 2 is 1.54 bits per heavy atom. The van der Waals surface area contributed by atoms with Gasteiger partial charge < -0.3 is 15.5 Å². The smallest absolute Gasteiger partial charge is 0.227 e. The summed E-state index contributed by atoms with van der Waals surface area (Å²) < 4.78 is 53.7. The molecular weight excluding hydrogens is 549 g/mol. The van der Waals surface area contributed by atoms with Crippen LogP contribution in [0.5, 0.6) is 0 Å². The number of nitrogens with zero attached hydrogens (tertiary/aromatic N) is 2. The highest BCUT2D eigenvalue weighted by molar-refractivity contribution is 7.17. The minimum Gasteiger partial charge on any atom is -0.398 e. The number of benzene rings is 3. The molecule has 4 aromatic rings. The van der Waals surface area contributed by atoms with Gasteiger partial charge >= 0.3 is 0 Å². The van der Waals surface area contributed by atoms with Gasteiger partial charge in [-0.1, -0.05) is 24.3 Å². The Labute approximate surface area is 250 Å². The lowest BCUT2D eigenvalue weighted by Gasteiger charge is -2.20. The van der Waals surface area contributed by atoms with Gasteiger partial charge in [-0.25, -0.2) is 0 Å². The molecule has 2 aliphatic heterocycles. The third-order valence-electron chi connectivity index (χ3n) is 7.73. The van der Waals surface area contributed by atoms with E-state index >= 15 is 0 Å². The predicted molar refractivity (Wildman–Crippen MR) is 165 cm³/mol. The van der Waals surface area contributed by atoms with Crippen LogP contribution in [-0.2, 0) is 9.59 Å². The van der Waals surface area contributed by atoms with Crippen LogP contribution in [0.3, 0.4) is 0 Å². The van der Waals surface area contributed by atoms with E-state index in [4.69, 9.17) is 37.2 Å². The SMILES string of the molecule is [2H]C([2H])(C(=O)N1C[C@@H](CCl)c2c1cc(N)c1ccccc21)C([2H])([2H])C([2H])([2H])C(=O)N1C[C@@H](CCl)c2c1cc(C)c1scc(C)c21. The van der Waals surface area contributed by atoms with E-state index in [0.717, 1.165) is 47.3 Å². The second-order valence-electron chi connectivity index (χ2n) is 10.1. The summed E-state index contributed by atoms with van der Waals surface area (Å²) in [6, 6.07) is 10.6. The lowest BCUT2D eigenvalue weighted by Crippen LogP contribution is -2.32. The van der Waals surface area contributed by atoms with E-state index in [1.807, 2.05) is 43.5 Å². The highest BCUT2D eigenvalue weighted by atomic mass is 35.5. The van der Waals surface area contributed by atoms with Crippen molar-refractivity contribution < 1.29 is 17.8 Å². The average Bonchev–Trinajstić information content (AvgIpc) is 3.69. The zero-order valence-electron chi connectivity index (χ0n) is 27.5. The van der Waals surface area contributed by atoms with Gasteiger partial charge in [0.2, 0.25) is 11.8 Å². The zero-order chi connectivity index (χ0) is 32.8. The lowest BCUT2D eigenvalue weighted by molar-refractivity contribution is -0.119. The molecule has 0 saturated carbocycles. The molecule has 3 aromatic carbocycles. The predicted octanol–water partition coefficient (Wildman–Crippen LogP) is 7.46. The fourth-order valence-corrected chi connectivity index (χ4v) is 7.52. The van der Waals surface area contributed by atoms with Crippen molar-refractivity contribution in [1.29, 1.82) is 0 Å². The first-order chi connectivity index (χ1) is 21.1. The molecule has 2 aliphatic rings. The van der Waals surface area contributed by atoms with Crippen LogP contribution in [0.15, 0.2) is 41.8 Å². The van der Waals surface area contributed by atoms with Crippen LogP contribution < -0.4 is 15.5 Å². The van der Waals surface area contributed by atoms with Gasteiger partial charge in [0.25, 0.3) is 0 Å². The second-order valence-corrected chi connectivity index (χ2v) is 11.6. The Hall–Kier alpha value is -2.80. The summed E-state index contributed by atoms with van der Waals surface area (Å²) in [5, 5.41) is 4.44. The first kappa shape index (κ1) is 20.1. The lowest BCUT2D eigenvalue weighted by atomic mass is 9.95. The molecule has 0 radical (unpaired) electrons. The molecule has 0 spiro atoms. The number of hydrogen-bond acceptors (Lipinski definition) is 4. The van der Waals surface area contributed by atoms with Gasteiger partial charge in [-0.15, -0.1) is 34.5 Å². The summed E-state index contributed by atoms with van der Waals surface area (Å²) in [5.41, 5.74) is 10.7. The van der Waals surface area contributed by atoms with E-state index in [1.54, 1.807) is 17.4 Å². The van der Waals surface area contributed by atoms with E-state index in [9.17, 15) is 9.59 Å². The van der Waals surface area contributed by atoms with Crippen LogP contribution in [0.2, 0.25) is 0 Å². The summed E-state index contributed by atoms with van der Waals surface area (Å²) in [4.78, 5) is 30.3. The molecule has 8 heteroatoms. The van der Waals surface area contributed by atoms with Gasteiger partial charge in [0.1, 0.15) is 0 Å². The van der Waals surface area contributed by atoms with Crippen molar-refractivity contribution in [2.45, 2.75) is 44.8 Å². The first-order valence-electron chi connectivity index (χ1n) is 15.7. The molecule has 2 N–H and O–H groups in total. The Balaban J connectivity index is 1.38. The Morgan fingerprint density at radius 1 is 0.949 bits per heavy atom. The molecule has 0 aliphatic carbocycles. The monoisotopic (exact) mass is 585 g/mol. The molecular formula is C31H31Cl2N3O2S. The molecule has 2 atom stereocenters. The molecule has 2 amide bonds. The largest absolute Gasteiger partial charge is 0.398 e. The van der Waals surface area contributed by atoms with Crippen LogP contribution in [0.25, 0.3) is 20.9 Å². The quantitative estimate of drug-likeness (QED) is 0.188. The van der Waals surface area contributed by atoms with Crippen molar-refractivity contribution in [3.05, 3.63) is 64.0 Å². The first-order valence-corrected chi connectivity index (χ1v) is 14.6. The fraction of sp³-hybridized carbons (Fsp3) is 0.355. The number of alkyl halides is 2. The normalized spacial score (nSPS) is 21.6. The van der Waals surface area contributed by atoms with E-state index < -0.39 is 36.9 Å². The Kier molecular flexibility index (Phi) is 5.32. The van der Waals surface area contributed by atoms with E-state index in [2.05, 4.69) is 0 Å². The number of anilines is 3. The zero-order valence-corrected chi connectivity index (χ0v) is 23.8. The highest BCUT2D eigenvalue weighted by Crippen LogP contribution is 2.47. The van der Waals surface area contributed by atoms with Gasteiger partial charge in [-0.2, -0.15) is 0 Å². The van der Waals surface area contributed by atoms with Crippen molar-refractivity contribution in [2.24, 2.45) is 0 Å². The van der Waals surface area contributed by atoms with Crippen molar-refractivity contribution in [3.63, 3.8) is 0 Å². The maximum absolute atomic E-state index is 14.0. The fourth-order valence-electron chi connectivity index (χ4n) is 5.97. The number of amides is 2. The molecule has 0 saturated heterocycles. The minimum atomic E-state index is -3.59. The molecule has 5 nitrogen and oxygen atoms in total. The Morgan fingerprint density at radius 3 is 2.18 bits per heavy atom. The number of carbonyl (C=O) groups excluding carboxylic acids is 2. The molecule has 0 bridgehead atoms. The van der Waals surface area contributed by atoms with Crippen molar-refractivity contribution in [1.82, 2.24) is 0 Å². The number of hydrogen-bond donors (Lipinski definition) is 1. The third-order valence-corrected chi connectivity index (χ3v) is 9.71. The maximum atomic E-state index is 14.0. The van der Waals surface area contributed by atoms with Crippen LogP contribution >= 0.6 is 34.5 Å². The second kappa shape index (κ2) is 10.3. The van der Waals surface area contributed by atoms with Gasteiger partial charge in [0, 0.05) is 90.2 Å². The number of aryl methyl sites for hydroxylation is 2. The Bertz CT molecular complexity index is 1900. The van der Waals surface area contributed by atoms with Gasteiger partial charge in [-0.05, 0) is 65.4 Å². The molecule has 0 fully saturated rings. The standard InChI is InChI=1S/C31H31Cl2N3O2S/c1-17-10-24-30(28-18(2)16-39-31(17)28)20(13-33)15-35(24)26(37)8-5-9-27(38)36-14-19(12-32)29-22-7-4-3-6-21(22)23(34)11-25(29)36/h3-4,6-7,10-11,16,19-20H,5,8-9,12-15,34H2,1-2H3/t19-,20-/m1/s1/i5D2,8D2,9D2. The molecule has 202 valence electrons. The van der Waals surface area contributed by atoms with E-state index in [1.165, 1.54) is 6.07 Å². The number of fused-ring (bicyclic) bond motifs is 6. The van der Waals surface area contributed by atoms with Gasteiger partial charge in [-0.3, -0.25) is 9.59 Å². The summed E-state index contributed by atoms with van der Waals surface area (Å²) in [6.45, 7) is 3.79.